The van der Waals surface area contributed by atoms with Gasteiger partial charge in [0.1, 0.15) is 16.9 Å². The van der Waals surface area contributed by atoms with Gasteiger partial charge in [0.05, 0.1) is 5.39 Å². The lowest BCUT2D eigenvalue weighted by Crippen LogP contribution is -1.83. The summed E-state index contributed by atoms with van der Waals surface area (Å²) in [6.07, 6.45) is 0. The van der Waals surface area contributed by atoms with Crippen molar-refractivity contribution in [2.45, 2.75) is 0 Å². The van der Waals surface area contributed by atoms with Crippen molar-refractivity contribution in [1.82, 2.24) is 5.16 Å². The van der Waals surface area contributed by atoms with E-state index in [0.717, 1.165) is 71.5 Å². The lowest BCUT2D eigenvalue weighted by molar-refractivity contribution is 0.462. The molecule has 3 heteroatoms. The van der Waals surface area contributed by atoms with E-state index in [4.69, 9.17) is 8.94 Å². The van der Waals surface area contributed by atoms with Crippen LogP contribution in [0.15, 0.2) is 124 Å². The molecule has 0 aliphatic carbocycles. The van der Waals surface area contributed by atoms with Crippen LogP contribution >= 0.6 is 0 Å². The number of hydrogen-bond donors (Lipinski definition) is 0. The summed E-state index contributed by atoms with van der Waals surface area (Å²) < 4.78 is 12.0. The first-order chi connectivity index (χ1) is 17.8. The van der Waals surface area contributed by atoms with Crippen molar-refractivity contribution in [3.8, 4) is 22.4 Å². The van der Waals surface area contributed by atoms with Gasteiger partial charge in [-0.2, -0.15) is 0 Å². The van der Waals surface area contributed by atoms with Crippen LogP contribution in [-0.2, 0) is 0 Å². The molecule has 0 N–H and O–H groups in total. The minimum Gasteiger partial charge on any atom is -0.456 e. The SMILES string of the molecule is c1ccc(-c2noc3c2ccc2ccc4ccc(-c5ccc6oc7ccccc7c6c5)cc4c23)cc1. The van der Waals surface area contributed by atoms with Crippen LogP contribution in [0.5, 0.6) is 0 Å². The maximum atomic E-state index is 6.04. The molecule has 0 atom stereocenters. The lowest BCUT2D eigenvalue weighted by Gasteiger charge is -2.08. The molecule has 0 saturated carbocycles. The van der Waals surface area contributed by atoms with Crippen molar-refractivity contribution in [2.24, 2.45) is 0 Å². The Labute approximate surface area is 206 Å². The van der Waals surface area contributed by atoms with Crippen molar-refractivity contribution in [1.29, 1.82) is 0 Å². The minimum absolute atomic E-state index is 0.824. The average molecular weight is 462 g/mol. The molecule has 36 heavy (non-hydrogen) atoms. The van der Waals surface area contributed by atoms with Crippen molar-refractivity contribution < 1.29 is 8.94 Å². The third-order valence-electron chi connectivity index (χ3n) is 7.20. The fourth-order valence-corrected chi connectivity index (χ4v) is 5.42. The highest BCUT2D eigenvalue weighted by Gasteiger charge is 2.16. The zero-order valence-electron chi connectivity index (χ0n) is 19.2. The molecule has 0 aliphatic rings. The summed E-state index contributed by atoms with van der Waals surface area (Å²) in [6.45, 7) is 0. The number of benzene rings is 6. The lowest BCUT2D eigenvalue weighted by atomic mass is 9.95. The van der Waals surface area contributed by atoms with Gasteiger partial charge in [-0.1, -0.05) is 90.1 Å². The van der Waals surface area contributed by atoms with Crippen LogP contribution in [0.4, 0.5) is 0 Å². The number of hydrogen-bond acceptors (Lipinski definition) is 3. The molecule has 0 saturated heterocycles. The second-order valence-electron chi connectivity index (χ2n) is 9.25. The van der Waals surface area contributed by atoms with Crippen LogP contribution in [0, 0.1) is 0 Å². The molecule has 2 aromatic heterocycles. The highest BCUT2D eigenvalue weighted by molar-refractivity contribution is 6.20. The Hall–Kier alpha value is -4.89. The van der Waals surface area contributed by atoms with E-state index < -0.39 is 0 Å². The van der Waals surface area contributed by atoms with Crippen LogP contribution in [-0.4, -0.2) is 5.16 Å². The standard InChI is InChI=1S/C33H19NO2/c1-2-6-22(7-3-1)32-26-16-14-21-12-10-20-11-13-23(18-27(20)31(21)33(26)36-34-32)24-15-17-30-28(19-24)25-8-4-5-9-29(25)35-30/h1-19H. The Bertz CT molecular complexity index is 2100. The van der Waals surface area contributed by atoms with Gasteiger partial charge in [-0.3, -0.25) is 0 Å². The molecule has 3 nitrogen and oxygen atoms in total. The maximum absolute atomic E-state index is 6.04. The first-order valence-electron chi connectivity index (χ1n) is 12.1. The molecular weight excluding hydrogens is 442 g/mol. The Morgan fingerprint density at radius 2 is 1.17 bits per heavy atom. The van der Waals surface area contributed by atoms with Crippen molar-refractivity contribution in [3.63, 3.8) is 0 Å². The molecule has 0 amide bonds. The third-order valence-corrected chi connectivity index (χ3v) is 7.20. The van der Waals surface area contributed by atoms with Crippen LogP contribution in [0.3, 0.4) is 0 Å². The average Bonchev–Trinajstić information content (AvgIpc) is 3.54. The summed E-state index contributed by atoms with van der Waals surface area (Å²) in [7, 11) is 0. The minimum atomic E-state index is 0.824. The molecule has 8 aromatic rings. The monoisotopic (exact) mass is 461 g/mol. The van der Waals surface area contributed by atoms with Crippen molar-refractivity contribution >= 4 is 54.5 Å². The number of fused-ring (bicyclic) bond motifs is 8. The molecule has 2 heterocycles. The van der Waals surface area contributed by atoms with Gasteiger partial charge in [0, 0.05) is 21.7 Å². The topological polar surface area (TPSA) is 39.2 Å². The number of para-hydroxylation sites is 1. The summed E-state index contributed by atoms with van der Waals surface area (Å²) in [5.74, 6) is 0. The first kappa shape index (κ1) is 19.4. The number of nitrogens with zero attached hydrogens (tertiary/aromatic N) is 1. The zero-order chi connectivity index (χ0) is 23.6. The van der Waals surface area contributed by atoms with Crippen LogP contribution in [0.1, 0.15) is 0 Å². The van der Waals surface area contributed by atoms with E-state index in [1.165, 1.54) is 5.39 Å². The molecule has 8 rings (SSSR count). The highest BCUT2D eigenvalue weighted by atomic mass is 16.5. The van der Waals surface area contributed by atoms with E-state index >= 15 is 0 Å². The van der Waals surface area contributed by atoms with E-state index in [1.54, 1.807) is 0 Å². The van der Waals surface area contributed by atoms with Crippen molar-refractivity contribution in [2.75, 3.05) is 0 Å². The fraction of sp³-hybridized carbons (Fsp3) is 0. The molecule has 168 valence electrons. The summed E-state index contributed by atoms with van der Waals surface area (Å²) >= 11 is 0. The first-order valence-corrected chi connectivity index (χ1v) is 12.1. The van der Waals surface area contributed by atoms with Gasteiger partial charge >= 0.3 is 0 Å². The molecule has 0 unspecified atom stereocenters. The second kappa shape index (κ2) is 7.30. The smallest absolute Gasteiger partial charge is 0.175 e. The van der Waals surface area contributed by atoms with Gasteiger partial charge in [0.15, 0.2) is 5.58 Å². The van der Waals surface area contributed by atoms with E-state index in [2.05, 4.69) is 90.1 Å². The highest BCUT2D eigenvalue weighted by Crippen LogP contribution is 2.39. The van der Waals surface area contributed by atoms with E-state index in [0.29, 0.717) is 0 Å². The maximum Gasteiger partial charge on any atom is 0.175 e. The Balaban J connectivity index is 1.38. The van der Waals surface area contributed by atoms with E-state index in [1.807, 2.05) is 30.3 Å². The van der Waals surface area contributed by atoms with Crippen molar-refractivity contribution in [3.05, 3.63) is 115 Å². The van der Waals surface area contributed by atoms with Crippen LogP contribution in [0.25, 0.3) is 76.8 Å². The molecule has 0 radical (unpaired) electrons. The normalized spacial score (nSPS) is 11.9. The summed E-state index contributed by atoms with van der Waals surface area (Å²) in [5.41, 5.74) is 6.88. The largest absolute Gasteiger partial charge is 0.456 e. The second-order valence-corrected chi connectivity index (χ2v) is 9.25. The Kier molecular flexibility index (Phi) is 3.94. The third kappa shape index (κ3) is 2.77. The molecule has 0 aliphatic heterocycles. The molecule has 0 bridgehead atoms. The predicted molar refractivity (Wildman–Crippen MR) is 147 cm³/mol. The number of furan rings is 1. The Morgan fingerprint density at radius 1 is 0.472 bits per heavy atom. The van der Waals surface area contributed by atoms with Gasteiger partial charge in [-0.15, -0.1) is 0 Å². The summed E-state index contributed by atoms with van der Waals surface area (Å²) in [4.78, 5) is 0. The van der Waals surface area contributed by atoms with Gasteiger partial charge in [0.2, 0.25) is 0 Å². The quantitative estimate of drug-likeness (QED) is 0.241. The fourth-order valence-electron chi connectivity index (χ4n) is 5.42. The zero-order valence-corrected chi connectivity index (χ0v) is 19.2. The number of rotatable bonds is 2. The molecule has 6 aromatic carbocycles. The van der Waals surface area contributed by atoms with Crippen LogP contribution in [0.2, 0.25) is 0 Å². The molecule has 0 fully saturated rings. The van der Waals surface area contributed by atoms with E-state index in [-0.39, 0.29) is 0 Å². The number of aromatic nitrogens is 1. The predicted octanol–water partition coefficient (Wildman–Crippen LogP) is 9.37. The van der Waals surface area contributed by atoms with Gasteiger partial charge < -0.3 is 8.94 Å². The summed E-state index contributed by atoms with van der Waals surface area (Å²) in [6, 6.07) is 40.1. The van der Waals surface area contributed by atoms with Gasteiger partial charge in [-0.05, 0) is 57.6 Å². The molecule has 0 spiro atoms. The van der Waals surface area contributed by atoms with Crippen LogP contribution < -0.4 is 0 Å². The van der Waals surface area contributed by atoms with Gasteiger partial charge in [-0.25, -0.2) is 0 Å². The molecular formula is C33H19NO2. The van der Waals surface area contributed by atoms with E-state index in [9.17, 15) is 0 Å². The Morgan fingerprint density at radius 3 is 2.08 bits per heavy atom. The van der Waals surface area contributed by atoms with Gasteiger partial charge in [0.25, 0.3) is 0 Å². The summed E-state index contributed by atoms with van der Waals surface area (Å²) in [5, 5.41) is 12.3.